The molecular weight excluding hydrogens is 510 g/mol. The zero-order valence-electron chi connectivity index (χ0n) is 22.1. The molecule has 1 aliphatic heterocycles. The van der Waals surface area contributed by atoms with Crippen LogP contribution in [0.5, 0.6) is 5.75 Å². The predicted molar refractivity (Wildman–Crippen MR) is 148 cm³/mol. The van der Waals surface area contributed by atoms with Gasteiger partial charge in [-0.1, -0.05) is 42.0 Å². The summed E-state index contributed by atoms with van der Waals surface area (Å²) in [5.41, 5.74) is 3.49. The van der Waals surface area contributed by atoms with Crippen LogP contribution in [0.15, 0.2) is 95.6 Å². The first kappa shape index (κ1) is 26.6. The van der Waals surface area contributed by atoms with Gasteiger partial charge in [-0.3, -0.25) is 14.5 Å². The molecule has 204 valence electrons. The molecule has 40 heavy (non-hydrogen) atoms. The molecular formula is C31H29N3O6. The van der Waals surface area contributed by atoms with E-state index in [0.717, 1.165) is 11.1 Å². The van der Waals surface area contributed by atoms with Gasteiger partial charge < -0.3 is 24.5 Å². The highest BCUT2D eigenvalue weighted by molar-refractivity contribution is 6.04. The first-order chi connectivity index (χ1) is 19.4. The Bertz CT molecular complexity index is 1480. The van der Waals surface area contributed by atoms with Gasteiger partial charge in [0.1, 0.15) is 11.5 Å². The van der Waals surface area contributed by atoms with E-state index in [-0.39, 0.29) is 24.9 Å². The first-order valence-corrected chi connectivity index (χ1v) is 12.8. The molecule has 1 fully saturated rings. The second-order valence-electron chi connectivity index (χ2n) is 9.47. The summed E-state index contributed by atoms with van der Waals surface area (Å²) in [4.78, 5) is 40.9. The van der Waals surface area contributed by atoms with Crippen LogP contribution in [0, 0.1) is 6.92 Å². The van der Waals surface area contributed by atoms with Gasteiger partial charge in [0.05, 0.1) is 26.5 Å². The van der Waals surface area contributed by atoms with Gasteiger partial charge in [-0.25, -0.2) is 4.79 Å². The normalized spacial score (nSPS) is 16.4. The fraction of sp³-hybridized carbons (Fsp3) is 0.194. The maximum atomic E-state index is 13.5. The van der Waals surface area contributed by atoms with Gasteiger partial charge in [-0.2, -0.15) is 0 Å². The van der Waals surface area contributed by atoms with E-state index in [1.165, 1.54) is 11.2 Å². The monoisotopic (exact) mass is 539 g/mol. The zero-order valence-corrected chi connectivity index (χ0v) is 22.1. The Kier molecular flexibility index (Phi) is 7.82. The third-order valence-corrected chi connectivity index (χ3v) is 6.67. The molecule has 0 saturated carbocycles. The average molecular weight is 540 g/mol. The number of nitrogens with zero attached hydrogens (tertiary/aromatic N) is 1. The quantitative estimate of drug-likeness (QED) is 0.302. The van der Waals surface area contributed by atoms with Crippen molar-refractivity contribution in [3.8, 4) is 5.75 Å². The molecule has 9 nitrogen and oxygen atoms in total. The number of rotatable bonds is 9. The molecule has 2 N–H and O–H groups in total. The summed E-state index contributed by atoms with van der Waals surface area (Å²) in [6.07, 6.45) is 0.0332. The summed E-state index contributed by atoms with van der Waals surface area (Å²) in [6.45, 7) is 2.34. The second kappa shape index (κ2) is 11.8. The van der Waals surface area contributed by atoms with Gasteiger partial charge in [-0.05, 0) is 66.6 Å². The Morgan fingerprint density at radius 3 is 2.45 bits per heavy atom. The molecule has 1 saturated heterocycles. The van der Waals surface area contributed by atoms with Crippen LogP contribution >= 0.6 is 0 Å². The lowest BCUT2D eigenvalue weighted by atomic mass is 10.00. The number of ether oxygens (including phenoxy) is 2. The predicted octanol–water partition coefficient (Wildman–Crippen LogP) is 5.23. The van der Waals surface area contributed by atoms with Crippen LogP contribution in [0.1, 0.15) is 38.9 Å². The minimum Gasteiger partial charge on any atom is -0.497 e. The van der Waals surface area contributed by atoms with Crippen molar-refractivity contribution in [1.29, 1.82) is 0 Å². The first-order valence-electron chi connectivity index (χ1n) is 12.8. The summed E-state index contributed by atoms with van der Waals surface area (Å²) < 4.78 is 16.3. The molecule has 4 aromatic rings. The average Bonchev–Trinajstić information content (AvgIpc) is 3.61. The fourth-order valence-corrected chi connectivity index (χ4v) is 4.53. The van der Waals surface area contributed by atoms with Gasteiger partial charge in [0.15, 0.2) is 12.1 Å². The number of nitrogens with one attached hydrogen (secondary N) is 2. The van der Waals surface area contributed by atoms with Crippen molar-refractivity contribution >= 4 is 23.6 Å². The maximum Gasteiger partial charge on any atom is 0.411 e. The third kappa shape index (κ3) is 5.99. The van der Waals surface area contributed by atoms with Crippen molar-refractivity contribution in [2.24, 2.45) is 0 Å². The van der Waals surface area contributed by atoms with Crippen LogP contribution in [-0.2, 0) is 22.6 Å². The number of amides is 3. The third-order valence-electron chi connectivity index (χ3n) is 6.67. The Labute approximate surface area is 231 Å². The number of anilines is 1. The van der Waals surface area contributed by atoms with E-state index in [4.69, 9.17) is 13.9 Å². The summed E-state index contributed by atoms with van der Waals surface area (Å²) in [6, 6.07) is 24.0. The van der Waals surface area contributed by atoms with Crippen molar-refractivity contribution in [2.75, 3.05) is 12.4 Å². The number of aryl methyl sites for hydroxylation is 1. The van der Waals surface area contributed by atoms with Crippen LogP contribution in [0.25, 0.3) is 0 Å². The number of carbonyl (C=O) groups excluding carboxylic acids is 3. The van der Waals surface area contributed by atoms with E-state index in [9.17, 15) is 14.4 Å². The number of carbonyl (C=O) groups is 3. The highest BCUT2D eigenvalue weighted by atomic mass is 16.6. The van der Waals surface area contributed by atoms with E-state index in [2.05, 4.69) is 10.6 Å². The van der Waals surface area contributed by atoms with Crippen LogP contribution in [0.4, 0.5) is 10.5 Å². The lowest BCUT2D eigenvalue weighted by Gasteiger charge is -2.24. The SMILES string of the molecule is COc1ccc(C(=O)Nc2cccc(C3OC(=O)N(Cc4ccc(C)cc4)C3C(=O)NCc3ccco3)c2)cc1. The number of hydrogen-bond acceptors (Lipinski definition) is 6. The Morgan fingerprint density at radius 2 is 1.75 bits per heavy atom. The smallest absolute Gasteiger partial charge is 0.411 e. The molecule has 0 aliphatic carbocycles. The van der Waals surface area contributed by atoms with E-state index in [1.807, 2.05) is 31.2 Å². The molecule has 0 spiro atoms. The molecule has 2 atom stereocenters. The molecule has 5 rings (SSSR count). The van der Waals surface area contributed by atoms with Crippen molar-refractivity contribution in [3.63, 3.8) is 0 Å². The fourth-order valence-electron chi connectivity index (χ4n) is 4.53. The lowest BCUT2D eigenvalue weighted by Crippen LogP contribution is -2.46. The van der Waals surface area contributed by atoms with Crippen LogP contribution < -0.4 is 15.4 Å². The van der Waals surface area contributed by atoms with Gasteiger partial charge in [0, 0.05) is 11.3 Å². The molecule has 1 aliphatic rings. The van der Waals surface area contributed by atoms with Crippen LogP contribution in [-0.4, -0.2) is 36.0 Å². The highest BCUT2D eigenvalue weighted by Gasteiger charge is 2.47. The molecule has 0 radical (unpaired) electrons. The van der Waals surface area contributed by atoms with Gasteiger partial charge >= 0.3 is 6.09 Å². The summed E-state index contributed by atoms with van der Waals surface area (Å²) >= 11 is 0. The number of furan rings is 1. The maximum absolute atomic E-state index is 13.5. The van der Waals surface area contributed by atoms with E-state index in [0.29, 0.717) is 28.3 Å². The number of cyclic esters (lactones) is 1. The second-order valence-corrected chi connectivity index (χ2v) is 9.47. The van der Waals surface area contributed by atoms with E-state index >= 15 is 0 Å². The minimum absolute atomic E-state index is 0.166. The zero-order chi connectivity index (χ0) is 28.1. The number of hydrogen-bond donors (Lipinski definition) is 2. The topological polar surface area (TPSA) is 110 Å². The summed E-state index contributed by atoms with van der Waals surface area (Å²) in [7, 11) is 1.56. The molecule has 2 heterocycles. The standard InChI is InChI=1S/C31H29N3O6/c1-20-8-10-21(11-9-20)19-34-27(30(36)32-18-26-7-4-16-39-26)28(40-31(34)37)23-5-3-6-24(17-23)33-29(35)22-12-14-25(38-2)15-13-22/h3-17,27-28H,18-19H2,1-2H3,(H,32,36)(H,33,35). The Morgan fingerprint density at radius 1 is 0.975 bits per heavy atom. The molecule has 2 unspecified atom stereocenters. The van der Waals surface area contributed by atoms with Crippen LogP contribution in [0.3, 0.4) is 0 Å². The molecule has 9 heteroatoms. The lowest BCUT2D eigenvalue weighted by molar-refractivity contribution is -0.126. The van der Waals surface area contributed by atoms with Crippen molar-refractivity contribution in [3.05, 3.63) is 119 Å². The molecule has 1 aromatic heterocycles. The highest BCUT2D eigenvalue weighted by Crippen LogP contribution is 2.35. The van der Waals surface area contributed by atoms with Gasteiger partial charge in [0.25, 0.3) is 5.91 Å². The van der Waals surface area contributed by atoms with E-state index < -0.39 is 18.2 Å². The largest absolute Gasteiger partial charge is 0.497 e. The Hall–Kier alpha value is -5.05. The van der Waals surface area contributed by atoms with Crippen molar-refractivity contribution < 1.29 is 28.3 Å². The number of methoxy groups -OCH3 is 1. The van der Waals surface area contributed by atoms with Crippen molar-refractivity contribution in [2.45, 2.75) is 32.2 Å². The minimum atomic E-state index is -0.948. The molecule has 3 aromatic carbocycles. The van der Waals surface area contributed by atoms with E-state index in [1.54, 1.807) is 67.8 Å². The number of benzene rings is 3. The summed E-state index contributed by atoms with van der Waals surface area (Å²) in [5, 5.41) is 5.73. The van der Waals surface area contributed by atoms with Gasteiger partial charge in [-0.15, -0.1) is 0 Å². The Balaban J connectivity index is 1.39. The van der Waals surface area contributed by atoms with Crippen LogP contribution in [0.2, 0.25) is 0 Å². The summed E-state index contributed by atoms with van der Waals surface area (Å²) in [5.74, 6) is 0.542. The molecule has 0 bridgehead atoms. The van der Waals surface area contributed by atoms with Gasteiger partial charge in [0.2, 0.25) is 5.91 Å². The molecule has 3 amide bonds. The van der Waals surface area contributed by atoms with Crippen molar-refractivity contribution in [1.82, 2.24) is 10.2 Å².